The number of halogens is 1. The standard InChI is InChI=1S/C84H73ClN2S/c1-82(2,3)64-33-23-32-60(47-64)57-42-44-67(45-43-57)86(69-48-61(56-26-13-10-14-27-56)46-62(49-69)72-36-19-21-39-77(72)84(7,8)9)70-50-63(73-38-25-41-79-80(73)74-37-20-22-40-78(74)88-79)51-71(55-70)87(68-35-24-34-66(85)54-68)81-75(58-28-15-11-16-29-58)52-65(83(4,5)6)53-76(81)59-30-17-12-18-31-59/h10-55H,1-9H3. The molecule has 13 aromatic rings. The van der Waals surface area contributed by atoms with E-state index in [0.717, 1.165) is 89.8 Å². The van der Waals surface area contributed by atoms with Crippen LogP contribution in [0.15, 0.2) is 279 Å². The minimum absolute atomic E-state index is 0.000482. The molecule has 1 aromatic heterocycles. The second-order valence-corrected chi connectivity index (χ2v) is 27.9. The molecule has 13 rings (SSSR count). The molecule has 12 aromatic carbocycles. The Morgan fingerprint density at radius 1 is 0.284 bits per heavy atom. The monoisotopic (exact) mass is 1180 g/mol. The number of fused-ring (bicyclic) bond motifs is 3. The van der Waals surface area contributed by atoms with Crippen LogP contribution in [0, 0.1) is 0 Å². The molecule has 0 aliphatic carbocycles. The van der Waals surface area contributed by atoms with E-state index in [4.69, 9.17) is 11.6 Å². The quantitative estimate of drug-likeness (QED) is 0.120. The molecule has 0 unspecified atom stereocenters. The average Bonchev–Trinajstić information content (AvgIpc) is 1.16. The molecule has 88 heavy (non-hydrogen) atoms. The van der Waals surface area contributed by atoms with E-state index in [1.807, 2.05) is 17.4 Å². The van der Waals surface area contributed by atoms with E-state index in [9.17, 15) is 0 Å². The van der Waals surface area contributed by atoms with Crippen LogP contribution in [-0.2, 0) is 16.2 Å². The van der Waals surface area contributed by atoms with Crippen LogP contribution < -0.4 is 9.80 Å². The van der Waals surface area contributed by atoms with Gasteiger partial charge in [-0.2, -0.15) is 0 Å². The molecule has 0 aliphatic rings. The second-order valence-electron chi connectivity index (χ2n) is 26.4. The normalized spacial score (nSPS) is 12.0. The van der Waals surface area contributed by atoms with Gasteiger partial charge in [-0.05, 0) is 180 Å². The van der Waals surface area contributed by atoms with Crippen LogP contribution in [0.3, 0.4) is 0 Å². The number of anilines is 6. The van der Waals surface area contributed by atoms with E-state index in [-0.39, 0.29) is 16.2 Å². The van der Waals surface area contributed by atoms with Crippen LogP contribution in [0.2, 0.25) is 5.02 Å². The first-order valence-electron chi connectivity index (χ1n) is 30.7. The van der Waals surface area contributed by atoms with Crippen LogP contribution >= 0.6 is 22.9 Å². The van der Waals surface area contributed by atoms with Crippen LogP contribution in [0.4, 0.5) is 34.1 Å². The fourth-order valence-corrected chi connectivity index (χ4v) is 13.8. The summed E-state index contributed by atoms with van der Waals surface area (Å²) in [5.41, 5.74) is 23.2. The van der Waals surface area contributed by atoms with Gasteiger partial charge in [0.05, 0.1) is 5.69 Å². The largest absolute Gasteiger partial charge is 0.310 e. The molecule has 0 spiro atoms. The highest BCUT2D eigenvalue weighted by atomic mass is 35.5. The molecule has 0 N–H and O–H groups in total. The molecule has 432 valence electrons. The number of rotatable bonds is 12. The molecule has 0 bridgehead atoms. The zero-order valence-electron chi connectivity index (χ0n) is 51.7. The Morgan fingerprint density at radius 3 is 1.42 bits per heavy atom. The number of hydrogen-bond donors (Lipinski definition) is 0. The molecular weight excluding hydrogens is 1100 g/mol. The average molecular weight is 1180 g/mol. The highest BCUT2D eigenvalue weighted by Crippen LogP contribution is 2.53. The van der Waals surface area contributed by atoms with Gasteiger partial charge in [-0.15, -0.1) is 11.3 Å². The minimum atomic E-state index is -0.173. The molecule has 0 saturated carbocycles. The predicted molar refractivity (Wildman–Crippen MR) is 382 cm³/mol. The lowest BCUT2D eigenvalue weighted by Gasteiger charge is -2.34. The molecule has 0 amide bonds. The Balaban J connectivity index is 1.17. The highest BCUT2D eigenvalue weighted by Gasteiger charge is 2.29. The van der Waals surface area contributed by atoms with Gasteiger partial charge in [0.2, 0.25) is 0 Å². The first-order valence-corrected chi connectivity index (χ1v) is 31.8. The maximum absolute atomic E-state index is 7.26. The Hall–Kier alpha value is -9.25. The van der Waals surface area contributed by atoms with Crippen molar-refractivity contribution in [1.82, 2.24) is 0 Å². The van der Waals surface area contributed by atoms with E-state index in [1.54, 1.807) is 0 Å². The Bertz CT molecular complexity index is 4610. The van der Waals surface area contributed by atoms with Gasteiger partial charge in [0.25, 0.3) is 0 Å². The van der Waals surface area contributed by atoms with E-state index in [1.165, 1.54) is 48.0 Å². The minimum Gasteiger partial charge on any atom is -0.310 e. The van der Waals surface area contributed by atoms with E-state index in [2.05, 4.69) is 345 Å². The first kappa shape index (κ1) is 57.8. The SMILES string of the molecule is CC(C)(C)c1cccc(-c2ccc(N(c3cc(-c4ccccc4)cc(-c4ccccc4C(C)(C)C)c3)c3cc(-c4cccc5sc6ccccc6c45)cc(N(c4cccc(Cl)c4)c4c(-c5ccccc5)cc(C(C)(C)C)cc4-c4ccccc4)c3)cc2)c1. The Labute approximate surface area is 529 Å². The molecule has 0 atom stereocenters. The third kappa shape index (κ3) is 11.6. The van der Waals surface area contributed by atoms with Gasteiger partial charge in [0.15, 0.2) is 0 Å². The van der Waals surface area contributed by atoms with Gasteiger partial charge in [-0.25, -0.2) is 0 Å². The number of hydrogen-bond acceptors (Lipinski definition) is 3. The lowest BCUT2D eigenvalue weighted by atomic mass is 9.81. The van der Waals surface area contributed by atoms with Gasteiger partial charge in [-0.3, -0.25) is 0 Å². The van der Waals surface area contributed by atoms with Crippen LogP contribution in [0.25, 0.3) is 86.9 Å². The summed E-state index contributed by atoms with van der Waals surface area (Å²) in [6.45, 7) is 20.8. The van der Waals surface area contributed by atoms with Crippen molar-refractivity contribution in [2.75, 3.05) is 9.80 Å². The summed E-state index contributed by atoms with van der Waals surface area (Å²) in [6, 6.07) is 103. The fourth-order valence-electron chi connectivity index (χ4n) is 12.5. The Kier molecular flexibility index (Phi) is 15.4. The third-order valence-corrected chi connectivity index (χ3v) is 18.5. The fraction of sp³-hybridized carbons (Fsp3) is 0.143. The van der Waals surface area contributed by atoms with E-state index in [0.29, 0.717) is 5.02 Å². The zero-order chi connectivity index (χ0) is 60.9. The lowest BCUT2D eigenvalue weighted by Crippen LogP contribution is -2.17. The molecule has 2 nitrogen and oxygen atoms in total. The predicted octanol–water partition coefficient (Wildman–Crippen LogP) is 25.5. The molecule has 1 heterocycles. The van der Waals surface area contributed by atoms with Crippen molar-refractivity contribution in [2.24, 2.45) is 0 Å². The van der Waals surface area contributed by atoms with Crippen molar-refractivity contribution in [2.45, 2.75) is 78.6 Å². The topological polar surface area (TPSA) is 6.48 Å². The first-order chi connectivity index (χ1) is 42.4. The van der Waals surface area contributed by atoms with Gasteiger partial charge < -0.3 is 9.80 Å². The van der Waals surface area contributed by atoms with Gasteiger partial charge in [-0.1, -0.05) is 262 Å². The number of nitrogens with zero attached hydrogens (tertiary/aromatic N) is 2. The van der Waals surface area contributed by atoms with Gasteiger partial charge in [0, 0.05) is 64.8 Å². The van der Waals surface area contributed by atoms with Crippen molar-refractivity contribution in [3.8, 4) is 66.8 Å². The van der Waals surface area contributed by atoms with Gasteiger partial charge in [0.1, 0.15) is 0 Å². The maximum Gasteiger partial charge on any atom is 0.0618 e. The summed E-state index contributed by atoms with van der Waals surface area (Å²) >= 11 is 9.11. The molecule has 0 saturated heterocycles. The molecule has 0 fully saturated rings. The molecule has 0 aliphatic heterocycles. The lowest BCUT2D eigenvalue weighted by molar-refractivity contribution is 0.590. The summed E-state index contributed by atoms with van der Waals surface area (Å²) in [4.78, 5) is 4.98. The maximum atomic E-state index is 7.26. The second kappa shape index (κ2) is 23.5. The van der Waals surface area contributed by atoms with Crippen LogP contribution in [0.1, 0.15) is 79.0 Å². The summed E-state index contributed by atoms with van der Waals surface area (Å²) in [7, 11) is 0. The molecule has 4 heteroatoms. The van der Waals surface area contributed by atoms with Crippen LogP contribution in [-0.4, -0.2) is 0 Å². The van der Waals surface area contributed by atoms with Gasteiger partial charge >= 0.3 is 0 Å². The Morgan fingerprint density at radius 2 is 0.784 bits per heavy atom. The highest BCUT2D eigenvalue weighted by molar-refractivity contribution is 7.26. The smallest absolute Gasteiger partial charge is 0.0618 e. The van der Waals surface area contributed by atoms with Crippen molar-refractivity contribution in [1.29, 1.82) is 0 Å². The van der Waals surface area contributed by atoms with Crippen molar-refractivity contribution in [3.63, 3.8) is 0 Å². The third-order valence-electron chi connectivity index (χ3n) is 17.1. The summed E-state index contributed by atoms with van der Waals surface area (Å²) in [6.07, 6.45) is 0. The van der Waals surface area contributed by atoms with E-state index < -0.39 is 0 Å². The summed E-state index contributed by atoms with van der Waals surface area (Å²) < 4.78 is 2.50. The summed E-state index contributed by atoms with van der Waals surface area (Å²) in [5.74, 6) is 0. The number of thiophene rings is 1. The van der Waals surface area contributed by atoms with Crippen molar-refractivity contribution < 1.29 is 0 Å². The van der Waals surface area contributed by atoms with Crippen LogP contribution in [0.5, 0.6) is 0 Å². The number of benzene rings is 12. The van der Waals surface area contributed by atoms with Crippen molar-refractivity contribution in [3.05, 3.63) is 301 Å². The molecule has 0 radical (unpaired) electrons. The molecular formula is C84H73ClN2S. The van der Waals surface area contributed by atoms with E-state index >= 15 is 0 Å². The van der Waals surface area contributed by atoms with Crippen molar-refractivity contribution >= 4 is 77.2 Å². The summed E-state index contributed by atoms with van der Waals surface area (Å²) in [5, 5.41) is 3.14. The zero-order valence-corrected chi connectivity index (χ0v) is 53.3.